The first kappa shape index (κ1) is 10.8. The molecule has 1 unspecified atom stereocenters. The van der Waals surface area contributed by atoms with Crippen molar-refractivity contribution in [2.24, 2.45) is 0 Å². The normalized spacial score (nSPS) is 11.9. The van der Waals surface area contributed by atoms with E-state index >= 15 is 0 Å². The number of hydrogen-bond acceptors (Lipinski definition) is 4. The molecular formula is C4H3Cl3O4. The fourth-order valence-electron chi connectivity index (χ4n) is 0.309. The topological polar surface area (TPSA) is 52.6 Å². The van der Waals surface area contributed by atoms with Gasteiger partial charge in [0.05, 0.1) is 6.42 Å². The molecule has 0 saturated carbocycles. The minimum absolute atomic E-state index is 0.378. The average Bonchev–Trinajstić information content (AvgIpc) is 2.02. The molecule has 0 N–H and O–H groups in total. The second kappa shape index (κ2) is 5.46. The van der Waals surface area contributed by atoms with Crippen LogP contribution in [0.3, 0.4) is 0 Å². The predicted octanol–water partition coefficient (Wildman–Crippen LogP) is 1.38. The van der Waals surface area contributed by atoms with Gasteiger partial charge in [0.25, 0.3) is 0 Å². The van der Waals surface area contributed by atoms with Crippen LogP contribution in [0.4, 0.5) is 0 Å². The van der Waals surface area contributed by atoms with Crippen molar-refractivity contribution in [2.45, 2.75) is 11.8 Å². The highest BCUT2D eigenvalue weighted by Gasteiger charge is 2.21. The lowest BCUT2D eigenvalue weighted by atomic mass is 10.3. The molecule has 0 rings (SSSR count). The van der Waals surface area contributed by atoms with E-state index in [9.17, 15) is 9.59 Å². The third-order valence-electron chi connectivity index (χ3n) is 0.764. The highest BCUT2D eigenvalue weighted by Crippen LogP contribution is 2.07. The molecule has 1 atom stereocenters. The van der Waals surface area contributed by atoms with E-state index in [0.717, 1.165) is 0 Å². The minimum atomic E-state index is -1.17. The Morgan fingerprint density at radius 2 is 1.82 bits per heavy atom. The second-order valence-corrected chi connectivity index (χ2v) is 2.35. The third kappa shape index (κ3) is 4.29. The standard InChI is InChI=1S/C4H3Cl3O4/c5-2(4(9)11-7)1-3(8)10-6/h2H,1H2. The van der Waals surface area contributed by atoms with Crippen molar-refractivity contribution in [3.63, 3.8) is 0 Å². The molecule has 0 aliphatic carbocycles. The molecule has 0 radical (unpaired) electrons. The van der Waals surface area contributed by atoms with Crippen LogP contribution in [0.5, 0.6) is 0 Å². The fraction of sp³-hybridized carbons (Fsp3) is 0.500. The molecule has 0 aromatic heterocycles. The lowest BCUT2D eigenvalue weighted by Gasteiger charge is -2.00. The summed E-state index contributed by atoms with van der Waals surface area (Å²) in [4.78, 5) is 20.8. The summed E-state index contributed by atoms with van der Waals surface area (Å²) in [6.07, 6.45) is -0.378. The van der Waals surface area contributed by atoms with E-state index < -0.39 is 17.3 Å². The first-order chi connectivity index (χ1) is 5.11. The van der Waals surface area contributed by atoms with E-state index in [1.54, 1.807) is 0 Å². The summed E-state index contributed by atoms with van der Waals surface area (Å²) in [5, 5.41) is -1.17. The van der Waals surface area contributed by atoms with E-state index in [1.165, 1.54) is 0 Å². The highest BCUT2D eigenvalue weighted by molar-refractivity contribution is 6.33. The fourth-order valence-corrected chi connectivity index (χ4v) is 0.696. The van der Waals surface area contributed by atoms with Crippen LogP contribution in [0.15, 0.2) is 0 Å². The van der Waals surface area contributed by atoms with Gasteiger partial charge in [0.2, 0.25) is 0 Å². The van der Waals surface area contributed by atoms with Crippen LogP contribution < -0.4 is 0 Å². The van der Waals surface area contributed by atoms with Gasteiger partial charge in [0, 0.05) is 0 Å². The van der Waals surface area contributed by atoms with Gasteiger partial charge >= 0.3 is 11.9 Å². The molecular weight excluding hydrogens is 218 g/mol. The van der Waals surface area contributed by atoms with Crippen molar-refractivity contribution in [1.29, 1.82) is 0 Å². The van der Waals surface area contributed by atoms with Gasteiger partial charge in [-0.1, -0.05) is 0 Å². The summed E-state index contributed by atoms with van der Waals surface area (Å²) in [6, 6.07) is 0. The van der Waals surface area contributed by atoms with Gasteiger partial charge in [-0.3, -0.25) is 4.79 Å². The maximum Gasteiger partial charge on any atom is 0.343 e. The van der Waals surface area contributed by atoms with Gasteiger partial charge in [-0.15, -0.1) is 11.6 Å². The van der Waals surface area contributed by atoms with Crippen LogP contribution in [0.1, 0.15) is 6.42 Å². The molecule has 4 nitrogen and oxygen atoms in total. The molecule has 7 heteroatoms. The number of carbonyl (C=O) groups excluding carboxylic acids is 2. The zero-order chi connectivity index (χ0) is 8.85. The summed E-state index contributed by atoms with van der Waals surface area (Å²) in [5.41, 5.74) is 0. The SMILES string of the molecule is O=C(CC(Cl)C(=O)OCl)OCl. The maximum atomic E-state index is 10.4. The van der Waals surface area contributed by atoms with Crippen LogP contribution in [0.25, 0.3) is 0 Å². The largest absolute Gasteiger partial charge is 0.348 e. The zero-order valence-corrected chi connectivity index (χ0v) is 7.32. The van der Waals surface area contributed by atoms with Gasteiger partial charge in [-0.25, -0.2) is 4.79 Å². The number of hydrogen-bond donors (Lipinski definition) is 0. The molecule has 0 aliphatic rings. The van der Waals surface area contributed by atoms with E-state index in [0.29, 0.717) is 0 Å². The van der Waals surface area contributed by atoms with Crippen LogP contribution >= 0.6 is 35.3 Å². The quantitative estimate of drug-likeness (QED) is 0.676. The summed E-state index contributed by atoms with van der Waals surface area (Å²) in [5.74, 6) is -1.75. The molecule has 0 heterocycles. The molecule has 0 bridgehead atoms. The Morgan fingerprint density at radius 3 is 2.18 bits per heavy atom. The minimum Gasteiger partial charge on any atom is -0.348 e. The molecule has 0 aromatic carbocycles. The molecule has 0 amide bonds. The predicted molar refractivity (Wildman–Crippen MR) is 38.1 cm³/mol. The number of alkyl halides is 1. The van der Waals surface area contributed by atoms with Crippen molar-refractivity contribution in [1.82, 2.24) is 0 Å². The lowest BCUT2D eigenvalue weighted by molar-refractivity contribution is -0.139. The molecule has 0 spiro atoms. The first-order valence-corrected chi connectivity index (χ1v) is 3.45. The summed E-state index contributed by atoms with van der Waals surface area (Å²) in [6.45, 7) is 0. The van der Waals surface area contributed by atoms with Crippen LogP contribution in [0.2, 0.25) is 0 Å². The van der Waals surface area contributed by atoms with Crippen molar-refractivity contribution in [3.8, 4) is 0 Å². The Balaban J connectivity index is 3.77. The lowest BCUT2D eigenvalue weighted by Crippen LogP contribution is -2.18. The van der Waals surface area contributed by atoms with Crippen LogP contribution in [-0.4, -0.2) is 17.3 Å². The highest BCUT2D eigenvalue weighted by atomic mass is 35.5. The Hall–Kier alpha value is -0.190. The van der Waals surface area contributed by atoms with Crippen LogP contribution in [-0.2, 0) is 18.2 Å². The van der Waals surface area contributed by atoms with Gasteiger partial charge in [0.1, 0.15) is 29.1 Å². The molecule has 11 heavy (non-hydrogen) atoms. The summed E-state index contributed by atoms with van der Waals surface area (Å²) >= 11 is 14.6. The van der Waals surface area contributed by atoms with Gasteiger partial charge in [0.15, 0.2) is 0 Å². The summed E-state index contributed by atoms with van der Waals surface area (Å²) < 4.78 is 7.42. The van der Waals surface area contributed by atoms with Gasteiger partial charge < -0.3 is 8.58 Å². The van der Waals surface area contributed by atoms with Gasteiger partial charge in [-0.2, -0.15) is 0 Å². The zero-order valence-electron chi connectivity index (χ0n) is 5.05. The molecule has 0 aromatic rings. The van der Waals surface area contributed by atoms with E-state index in [-0.39, 0.29) is 6.42 Å². The Morgan fingerprint density at radius 1 is 1.27 bits per heavy atom. The maximum absolute atomic E-state index is 10.4. The Labute approximate surface area is 77.6 Å². The smallest absolute Gasteiger partial charge is 0.343 e. The third-order valence-corrected chi connectivity index (χ3v) is 1.42. The van der Waals surface area contributed by atoms with E-state index in [1.807, 2.05) is 0 Å². The van der Waals surface area contributed by atoms with E-state index in [2.05, 4.69) is 32.3 Å². The molecule has 0 aliphatic heterocycles. The van der Waals surface area contributed by atoms with Crippen LogP contribution in [0, 0.1) is 0 Å². The van der Waals surface area contributed by atoms with Crippen molar-refractivity contribution in [2.75, 3.05) is 0 Å². The Kier molecular flexibility index (Phi) is 5.36. The van der Waals surface area contributed by atoms with Crippen molar-refractivity contribution < 1.29 is 18.2 Å². The number of halogens is 3. The summed E-state index contributed by atoms with van der Waals surface area (Å²) in [7, 11) is 0. The molecule has 64 valence electrons. The second-order valence-electron chi connectivity index (χ2n) is 1.52. The number of rotatable bonds is 3. The van der Waals surface area contributed by atoms with Crippen molar-refractivity contribution >= 4 is 47.3 Å². The molecule has 0 saturated heterocycles. The monoisotopic (exact) mass is 220 g/mol. The Bertz CT molecular complexity index is 159. The van der Waals surface area contributed by atoms with E-state index in [4.69, 9.17) is 11.6 Å². The first-order valence-electron chi connectivity index (χ1n) is 2.39. The van der Waals surface area contributed by atoms with Gasteiger partial charge in [-0.05, 0) is 0 Å². The molecule has 0 fully saturated rings. The average molecular weight is 221 g/mol. The number of carbonyl (C=O) groups is 2. The van der Waals surface area contributed by atoms with Crippen molar-refractivity contribution in [3.05, 3.63) is 0 Å².